The first-order chi connectivity index (χ1) is 16.6. The maximum Gasteiger partial charge on any atom is 0.315 e. The molecular weight excluding hydrogens is 434 g/mol. The van der Waals surface area contributed by atoms with Gasteiger partial charge in [-0.3, -0.25) is 0 Å². The van der Waals surface area contributed by atoms with E-state index in [-0.39, 0.29) is 11.8 Å². The largest absolute Gasteiger partial charge is 0.497 e. The summed E-state index contributed by atoms with van der Waals surface area (Å²) in [5.41, 5.74) is 1.96. The Hall–Kier alpha value is -3.23. The molecule has 0 unspecified atom stereocenters. The van der Waals surface area contributed by atoms with Gasteiger partial charge in [0.2, 0.25) is 0 Å². The molecule has 0 spiro atoms. The van der Waals surface area contributed by atoms with E-state index in [4.69, 9.17) is 14.2 Å². The molecular formula is C26H33N3O5. The lowest BCUT2D eigenvalue weighted by molar-refractivity contribution is 0.0743. The number of nitrogens with zero attached hydrogens (tertiary/aromatic N) is 1. The lowest BCUT2D eigenvalue weighted by Gasteiger charge is -2.30. The summed E-state index contributed by atoms with van der Waals surface area (Å²) in [4.78, 5) is 15.0. The highest BCUT2D eigenvalue weighted by atomic mass is 16.6. The minimum Gasteiger partial charge on any atom is -0.497 e. The molecule has 4 rings (SSSR count). The fourth-order valence-corrected chi connectivity index (χ4v) is 4.23. The number of rotatable bonds is 9. The van der Waals surface area contributed by atoms with Gasteiger partial charge in [0, 0.05) is 13.1 Å². The molecule has 0 bridgehead atoms. The molecule has 182 valence electrons. The van der Waals surface area contributed by atoms with Crippen LogP contribution in [0.2, 0.25) is 0 Å². The Morgan fingerprint density at radius 1 is 1.21 bits per heavy atom. The second-order valence-electron chi connectivity index (χ2n) is 8.63. The van der Waals surface area contributed by atoms with Crippen LogP contribution in [0.1, 0.15) is 31.2 Å². The van der Waals surface area contributed by atoms with Crippen molar-refractivity contribution in [3.8, 4) is 5.75 Å². The molecule has 8 heteroatoms. The lowest BCUT2D eigenvalue weighted by Crippen LogP contribution is -2.53. The van der Waals surface area contributed by atoms with Crippen LogP contribution in [0.3, 0.4) is 0 Å². The maximum absolute atomic E-state index is 12.7. The van der Waals surface area contributed by atoms with Crippen LogP contribution in [0.4, 0.5) is 4.79 Å². The van der Waals surface area contributed by atoms with E-state index in [1.807, 2.05) is 36.4 Å². The molecule has 2 amide bonds. The molecule has 0 saturated carbocycles. The van der Waals surface area contributed by atoms with E-state index < -0.39 is 12.1 Å². The number of benzene rings is 1. The van der Waals surface area contributed by atoms with Gasteiger partial charge in [0.15, 0.2) is 11.5 Å². The number of aliphatic hydroxyl groups excluding tert-OH is 1. The Morgan fingerprint density at radius 3 is 2.71 bits per heavy atom. The molecule has 1 aromatic carbocycles. The van der Waals surface area contributed by atoms with Crippen molar-refractivity contribution in [2.75, 3.05) is 26.7 Å². The Morgan fingerprint density at radius 2 is 2.00 bits per heavy atom. The van der Waals surface area contributed by atoms with Crippen molar-refractivity contribution in [1.29, 1.82) is 0 Å². The molecule has 2 heterocycles. The van der Waals surface area contributed by atoms with E-state index in [9.17, 15) is 9.90 Å². The summed E-state index contributed by atoms with van der Waals surface area (Å²) < 4.78 is 16.7. The molecule has 3 aliphatic rings. The van der Waals surface area contributed by atoms with E-state index >= 15 is 0 Å². The van der Waals surface area contributed by atoms with Gasteiger partial charge in [0.1, 0.15) is 24.4 Å². The average molecular weight is 468 g/mol. The number of likely N-dealkylation sites (tertiary alicyclic amines) is 1. The monoisotopic (exact) mass is 467 g/mol. The molecule has 1 saturated heterocycles. The number of hydrogen-bond acceptors (Lipinski definition) is 6. The molecule has 1 aromatic rings. The van der Waals surface area contributed by atoms with Gasteiger partial charge < -0.3 is 34.9 Å². The van der Waals surface area contributed by atoms with Crippen LogP contribution in [0.25, 0.3) is 0 Å². The number of amides is 2. The van der Waals surface area contributed by atoms with Crippen molar-refractivity contribution in [2.45, 2.75) is 44.4 Å². The van der Waals surface area contributed by atoms with Crippen molar-refractivity contribution < 1.29 is 24.1 Å². The minimum atomic E-state index is -1.06. The molecule has 0 aromatic heterocycles. The number of aliphatic hydroxyl groups is 1. The SMILES string of the molecule is COc1ccc(CNC(=O)N[C@H](CN2CCCC2)[C@@H](O)C2=COC=C(C3=CC=CCC3)O2)cc1. The highest BCUT2D eigenvalue weighted by Crippen LogP contribution is 2.28. The molecule has 0 radical (unpaired) electrons. The molecule has 1 aliphatic carbocycles. The molecule has 2 aliphatic heterocycles. The normalized spacial score (nSPS) is 19.6. The van der Waals surface area contributed by atoms with Crippen LogP contribution in [0.5, 0.6) is 5.75 Å². The fourth-order valence-electron chi connectivity index (χ4n) is 4.23. The van der Waals surface area contributed by atoms with Gasteiger partial charge in [-0.2, -0.15) is 0 Å². The van der Waals surface area contributed by atoms with Crippen LogP contribution in [0, 0.1) is 0 Å². The number of methoxy groups -OCH3 is 1. The zero-order valence-corrected chi connectivity index (χ0v) is 19.5. The third-order valence-corrected chi connectivity index (χ3v) is 6.17. The third-order valence-electron chi connectivity index (χ3n) is 6.17. The van der Waals surface area contributed by atoms with Crippen LogP contribution in [0.15, 0.2) is 72.1 Å². The Bertz CT molecular complexity index is 961. The van der Waals surface area contributed by atoms with Gasteiger partial charge in [-0.25, -0.2) is 4.79 Å². The second-order valence-corrected chi connectivity index (χ2v) is 8.63. The average Bonchev–Trinajstić information content (AvgIpc) is 3.41. The van der Waals surface area contributed by atoms with Crippen molar-refractivity contribution in [2.24, 2.45) is 0 Å². The Balaban J connectivity index is 1.38. The van der Waals surface area contributed by atoms with Crippen LogP contribution < -0.4 is 15.4 Å². The number of nitrogens with one attached hydrogen (secondary N) is 2. The summed E-state index contributed by atoms with van der Waals surface area (Å²) in [6.45, 7) is 2.76. The topological polar surface area (TPSA) is 92.3 Å². The number of hydrogen-bond donors (Lipinski definition) is 3. The summed E-state index contributed by atoms with van der Waals surface area (Å²) in [6, 6.07) is 6.58. The molecule has 8 nitrogen and oxygen atoms in total. The van der Waals surface area contributed by atoms with E-state index in [2.05, 4.69) is 21.6 Å². The maximum atomic E-state index is 12.7. The highest BCUT2D eigenvalue weighted by molar-refractivity contribution is 5.74. The number of allylic oxidation sites excluding steroid dienone is 4. The Kier molecular flexibility index (Phi) is 8.27. The van der Waals surface area contributed by atoms with Gasteiger partial charge >= 0.3 is 6.03 Å². The van der Waals surface area contributed by atoms with Crippen molar-refractivity contribution in [3.05, 3.63) is 77.7 Å². The van der Waals surface area contributed by atoms with Gasteiger partial charge in [0.05, 0.1) is 13.2 Å². The van der Waals surface area contributed by atoms with Crippen LogP contribution >= 0.6 is 0 Å². The lowest BCUT2D eigenvalue weighted by atomic mass is 10.0. The molecule has 2 atom stereocenters. The quantitative estimate of drug-likeness (QED) is 0.516. The first kappa shape index (κ1) is 23.9. The van der Waals surface area contributed by atoms with Crippen molar-refractivity contribution >= 4 is 6.03 Å². The van der Waals surface area contributed by atoms with Gasteiger partial charge in [-0.1, -0.05) is 30.4 Å². The van der Waals surface area contributed by atoms with E-state index in [0.29, 0.717) is 18.8 Å². The summed E-state index contributed by atoms with van der Waals surface area (Å²) >= 11 is 0. The van der Waals surface area contributed by atoms with E-state index in [1.54, 1.807) is 13.4 Å². The number of ether oxygens (including phenoxy) is 3. The second kappa shape index (κ2) is 11.8. The molecule has 3 N–H and O–H groups in total. The zero-order valence-electron chi connectivity index (χ0n) is 19.5. The molecule has 1 fully saturated rings. The number of urea groups is 1. The van der Waals surface area contributed by atoms with Gasteiger partial charge in [-0.05, 0) is 62.0 Å². The van der Waals surface area contributed by atoms with Crippen LogP contribution in [-0.4, -0.2) is 54.9 Å². The number of carbonyl (C=O) groups excluding carboxylic acids is 1. The summed E-state index contributed by atoms with van der Waals surface area (Å²) in [5, 5.41) is 17.0. The Labute approximate surface area is 200 Å². The van der Waals surface area contributed by atoms with Gasteiger partial charge in [0.25, 0.3) is 0 Å². The highest BCUT2D eigenvalue weighted by Gasteiger charge is 2.31. The smallest absolute Gasteiger partial charge is 0.315 e. The van der Waals surface area contributed by atoms with Crippen molar-refractivity contribution in [3.63, 3.8) is 0 Å². The zero-order chi connectivity index (χ0) is 23.8. The van der Waals surface area contributed by atoms with Crippen molar-refractivity contribution in [1.82, 2.24) is 15.5 Å². The number of carbonyl (C=O) groups is 1. The standard InChI is InChI=1S/C26H33N3O5/c1-32-21-11-9-19(10-12-21)15-27-26(31)28-22(16-29-13-5-6-14-29)25(30)24-18-33-17-23(34-24)20-7-3-2-4-8-20/h2-3,7,9-12,17-18,22,25,30H,4-6,8,13-16H2,1H3,(H2,27,28,31)/t22-,25-/m1/s1. The first-order valence-corrected chi connectivity index (χ1v) is 11.8. The van der Waals surface area contributed by atoms with E-state index in [0.717, 1.165) is 55.7 Å². The minimum absolute atomic E-state index is 0.285. The molecule has 34 heavy (non-hydrogen) atoms. The fraction of sp³-hybridized carbons (Fsp3) is 0.423. The first-order valence-electron chi connectivity index (χ1n) is 11.8. The predicted octanol–water partition coefficient (Wildman–Crippen LogP) is 3.33. The van der Waals surface area contributed by atoms with E-state index in [1.165, 1.54) is 6.26 Å². The summed E-state index contributed by atoms with van der Waals surface area (Å²) in [6.07, 6.45) is 12.0. The summed E-state index contributed by atoms with van der Waals surface area (Å²) in [7, 11) is 1.62. The van der Waals surface area contributed by atoms with Crippen LogP contribution in [-0.2, 0) is 16.0 Å². The third kappa shape index (κ3) is 6.42. The predicted molar refractivity (Wildman–Crippen MR) is 129 cm³/mol. The van der Waals surface area contributed by atoms with Gasteiger partial charge in [-0.15, -0.1) is 0 Å². The summed E-state index contributed by atoms with van der Waals surface area (Å²) in [5.74, 6) is 1.63.